The monoisotopic (exact) mass is 334 g/mol. The molecule has 1 saturated heterocycles. The molecule has 1 atom stereocenters. The van der Waals surface area contributed by atoms with Gasteiger partial charge in [-0.1, -0.05) is 6.42 Å². The zero-order valence-electron chi connectivity index (χ0n) is 16.0. The Hall–Kier alpha value is -1.56. The molecule has 1 unspecified atom stereocenters. The first kappa shape index (κ1) is 18.8. The number of piperidine rings is 1. The van der Waals surface area contributed by atoms with Crippen LogP contribution < -0.4 is 10.6 Å². The van der Waals surface area contributed by atoms with Crippen molar-refractivity contribution in [3.8, 4) is 0 Å². The van der Waals surface area contributed by atoms with Crippen molar-refractivity contribution in [3.63, 3.8) is 0 Å². The topological polar surface area (TPSA) is 57.5 Å². The fourth-order valence-electron chi connectivity index (χ4n) is 3.41. The van der Waals surface area contributed by atoms with Gasteiger partial charge >= 0.3 is 0 Å². The van der Waals surface area contributed by atoms with Crippen LogP contribution in [-0.2, 0) is 13.5 Å². The molecule has 0 amide bonds. The minimum atomic E-state index is 0.313. The quantitative estimate of drug-likeness (QED) is 0.613. The zero-order chi connectivity index (χ0) is 17.5. The molecule has 6 nitrogen and oxygen atoms in total. The Balaban J connectivity index is 1.77. The lowest BCUT2D eigenvalue weighted by Gasteiger charge is -2.27. The van der Waals surface area contributed by atoms with Crippen LogP contribution in [0.3, 0.4) is 0 Å². The van der Waals surface area contributed by atoms with E-state index < -0.39 is 0 Å². The number of nitrogens with zero attached hydrogens (tertiary/aromatic N) is 4. The van der Waals surface area contributed by atoms with Crippen molar-refractivity contribution in [2.45, 2.75) is 52.5 Å². The molecule has 2 N–H and O–H groups in total. The molecular formula is C18H34N6. The van der Waals surface area contributed by atoms with Gasteiger partial charge in [0.1, 0.15) is 0 Å². The van der Waals surface area contributed by atoms with Crippen LogP contribution in [0, 0.1) is 13.8 Å². The molecule has 0 spiro atoms. The Kier molecular flexibility index (Phi) is 7.09. The lowest BCUT2D eigenvalue weighted by molar-refractivity contribution is 0.232. The van der Waals surface area contributed by atoms with E-state index in [4.69, 9.17) is 0 Å². The van der Waals surface area contributed by atoms with Gasteiger partial charge in [-0.2, -0.15) is 5.10 Å². The predicted molar refractivity (Wildman–Crippen MR) is 101 cm³/mol. The summed E-state index contributed by atoms with van der Waals surface area (Å²) in [6.45, 7) is 10.9. The fourth-order valence-corrected chi connectivity index (χ4v) is 3.41. The number of likely N-dealkylation sites (tertiary alicyclic amines) is 1. The van der Waals surface area contributed by atoms with Crippen LogP contribution in [0.25, 0.3) is 0 Å². The van der Waals surface area contributed by atoms with Crippen LogP contribution in [0.4, 0.5) is 0 Å². The number of rotatable bonds is 6. The lowest BCUT2D eigenvalue weighted by atomic mass is 10.1. The minimum Gasteiger partial charge on any atom is -0.355 e. The molecule has 1 aromatic rings. The van der Waals surface area contributed by atoms with Crippen LogP contribution >= 0.6 is 0 Å². The smallest absolute Gasteiger partial charge is 0.191 e. The van der Waals surface area contributed by atoms with Crippen LogP contribution in [0.2, 0.25) is 0 Å². The van der Waals surface area contributed by atoms with Crippen LogP contribution in [0.15, 0.2) is 4.99 Å². The maximum absolute atomic E-state index is 4.50. The minimum absolute atomic E-state index is 0.313. The van der Waals surface area contributed by atoms with Gasteiger partial charge in [0.25, 0.3) is 0 Å². The van der Waals surface area contributed by atoms with Crippen LogP contribution in [0.5, 0.6) is 0 Å². The summed E-state index contributed by atoms with van der Waals surface area (Å²) < 4.78 is 1.96. The summed E-state index contributed by atoms with van der Waals surface area (Å²) in [6.07, 6.45) is 5.03. The fraction of sp³-hybridized carbons (Fsp3) is 0.778. The largest absolute Gasteiger partial charge is 0.355 e. The summed E-state index contributed by atoms with van der Waals surface area (Å²) in [4.78, 5) is 6.89. The average Bonchev–Trinajstić information content (AvgIpc) is 2.81. The summed E-state index contributed by atoms with van der Waals surface area (Å²) in [6, 6.07) is 0.313. The van der Waals surface area contributed by atoms with Gasteiger partial charge in [0.15, 0.2) is 5.96 Å². The maximum Gasteiger partial charge on any atom is 0.191 e. The van der Waals surface area contributed by atoms with Gasteiger partial charge in [-0.05, 0) is 58.7 Å². The molecule has 0 saturated carbocycles. The van der Waals surface area contributed by atoms with Gasteiger partial charge in [0.05, 0.1) is 5.69 Å². The highest BCUT2D eigenvalue weighted by atomic mass is 15.3. The molecule has 24 heavy (non-hydrogen) atoms. The molecule has 1 aliphatic heterocycles. The molecule has 136 valence electrons. The number of aryl methyl sites for hydroxylation is 2. The molecule has 2 heterocycles. The van der Waals surface area contributed by atoms with Crippen molar-refractivity contribution >= 4 is 5.96 Å². The number of aliphatic imine (C=N–C) groups is 1. The van der Waals surface area contributed by atoms with E-state index in [1.807, 2.05) is 18.8 Å². The van der Waals surface area contributed by atoms with E-state index >= 15 is 0 Å². The highest BCUT2D eigenvalue weighted by molar-refractivity contribution is 5.79. The van der Waals surface area contributed by atoms with E-state index in [0.717, 1.165) is 31.2 Å². The van der Waals surface area contributed by atoms with Gasteiger partial charge in [-0.15, -0.1) is 0 Å². The Bertz CT molecular complexity index is 542. The second-order valence-corrected chi connectivity index (χ2v) is 6.92. The van der Waals surface area contributed by atoms with Crippen molar-refractivity contribution in [2.24, 2.45) is 12.0 Å². The van der Waals surface area contributed by atoms with Crippen molar-refractivity contribution in [2.75, 3.05) is 33.2 Å². The molecule has 1 fully saturated rings. The van der Waals surface area contributed by atoms with Gasteiger partial charge in [-0.25, -0.2) is 0 Å². The van der Waals surface area contributed by atoms with E-state index in [0.29, 0.717) is 6.04 Å². The lowest BCUT2D eigenvalue weighted by Crippen LogP contribution is -2.46. The van der Waals surface area contributed by atoms with Gasteiger partial charge < -0.3 is 15.5 Å². The summed E-state index contributed by atoms with van der Waals surface area (Å²) in [5.74, 6) is 0.888. The molecule has 0 radical (unpaired) electrons. The molecule has 0 bridgehead atoms. The molecule has 1 aromatic heterocycles. The molecule has 2 rings (SSSR count). The molecule has 0 aromatic carbocycles. The molecule has 0 aliphatic carbocycles. The third-order valence-electron chi connectivity index (χ3n) is 4.95. The summed E-state index contributed by atoms with van der Waals surface area (Å²) in [5, 5.41) is 11.4. The summed E-state index contributed by atoms with van der Waals surface area (Å²) >= 11 is 0. The second-order valence-electron chi connectivity index (χ2n) is 6.92. The average molecular weight is 335 g/mol. The molecule has 1 aliphatic rings. The molecular weight excluding hydrogens is 300 g/mol. The van der Waals surface area contributed by atoms with Crippen molar-refractivity contribution < 1.29 is 0 Å². The van der Waals surface area contributed by atoms with Gasteiger partial charge in [-0.3, -0.25) is 9.67 Å². The number of hydrogen-bond donors (Lipinski definition) is 2. The Labute approximate surface area is 146 Å². The Morgan fingerprint density at radius 2 is 1.96 bits per heavy atom. The predicted octanol–water partition coefficient (Wildman–Crippen LogP) is 1.62. The van der Waals surface area contributed by atoms with Crippen molar-refractivity contribution in [3.05, 3.63) is 17.0 Å². The first-order valence-corrected chi connectivity index (χ1v) is 9.20. The second kappa shape index (κ2) is 9.06. The van der Waals surface area contributed by atoms with E-state index in [-0.39, 0.29) is 0 Å². The summed E-state index contributed by atoms with van der Waals surface area (Å²) in [5.41, 5.74) is 3.70. The number of nitrogens with one attached hydrogen (secondary N) is 2. The first-order valence-electron chi connectivity index (χ1n) is 9.20. The van der Waals surface area contributed by atoms with Crippen molar-refractivity contribution in [1.82, 2.24) is 25.3 Å². The van der Waals surface area contributed by atoms with E-state index in [1.165, 1.54) is 43.6 Å². The van der Waals surface area contributed by atoms with Gasteiger partial charge in [0, 0.05) is 38.9 Å². The highest BCUT2D eigenvalue weighted by Crippen LogP contribution is 2.14. The van der Waals surface area contributed by atoms with E-state index in [1.54, 1.807) is 0 Å². The standard InChI is InChI=1S/C18H34N6/c1-14(13-17-15(2)22-23(5)16(17)3)21-18(19-4)20-9-12-24-10-7-6-8-11-24/h14H,6-13H2,1-5H3,(H2,19,20,21). The third-order valence-corrected chi connectivity index (χ3v) is 4.95. The first-order chi connectivity index (χ1) is 11.5. The zero-order valence-corrected chi connectivity index (χ0v) is 16.0. The number of hydrogen-bond acceptors (Lipinski definition) is 3. The molecule has 6 heteroatoms. The SMILES string of the molecule is CN=C(NCCN1CCCCC1)NC(C)Cc1c(C)nn(C)c1C. The maximum atomic E-state index is 4.50. The number of aromatic nitrogens is 2. The normalized spacial score (nSPS) is 17.8. The third kappa shape index (κ3) is 5.23. The van der Waals surface area contributed by atoms with Crippen LogP contribution in [0.1, 0.15) is 43.1 Å². The van der Waals surface area contributed by atoms with E-state index in [9.17, 15) is 0 Å². The van der Waals surface area contributed by atoms with Crippen molar-refractivity contribution in [1.29, 1.82) is 0 Å². The Morgan fingerprint density at radius 1 is 1.25 bits per heavy atom. The Morgan fingerprint density at radius 3 is 2.54 bits per heavy atom. The van der Waals surface area contributed by atoms with E-state index in [2.05, 4.69) is 46.4 Å². The van der Waals surface area contributed by atoms with Crippen LogP contribution in [-0.4, -0.2) is 59.9 Å². The number of guanidine groups is 1. The highest BCUT2D eigenvalue weighted by Gasteiger charge is 2.14. The van der Waals surface area contributed by atoms with Gasteiger partial charge in [0.2, 0.25) is 0 Å². The summed E-state index contributed by atoms with van der Waals surface area (Å²) in [7, 11) is 3.84.